The standard InChI is InChI=1S/C16H34N2O3/c1-13(10-20-7)18(8-9-19-6)16(12-17)11-14(2,3)21-15(16,4)5/h13H,8-12,17H2,1-7H3. The third-order valence-corrected chi connectivity index (χ3v) is 4.73. The van der Waals surface area contributed by atoms with E-state index in [0.29, 0.717) is 19.8 Å². The SMILES string of the molecule is COCCN(C(C)COC)C1(CN)CC(C)(C)OC1(C)C. The Labute approximate surface area is 130 Å². The van der Waals surface area contributed by atoms with E-state index in [4.69, 9.17) is 19.9 Å². The van der Waals surface area contributed by atoms with Crippen LogP contribution in [0, 0.1) is 0 Å². The van der Waals surface area contributed by atoms with Crippen LogP contribution in [0.1, 0.15) is 41.0 Å². The molecule has 1 aliphatic rings. The molecule has 0 aromatic heterocycles. The predicted octanol–water partition coefficient (Wildman–Crippen LogP) is 1.64. The first-order valence-corrected chi connectivity index (χ1v) is 7.80. The van der Waals surface area contributed by atoms with Gasteiger partial charge < -0.3 is 19.9 Å². The Bertz CT molecular complexity index is 333. The molecule has 21 heavy (non-hydrogen) atoms. The molecule has 2 N–H and O–H groups in total. The van der Waals surface area contributed by atoms with Crippen LogP contribution in [0.3, 0.4) is 0 Å². The van der Waals surface area contributed by atoms with Gasteiger partial charge in [0.15, 0.2) is 0 Å². The maximum Gasteiger partial charge on any atom is 0.0830 e. The van der Waals surface area contributed by atoms with Gasteiger partial charge in [0.1, 0.15) is 0 Å². The van der Waals surface area contributed by atoms with Crippen molar-refractivity contribution in [1.29, 1.82) is 0 Å². The fourth-order valence-electron chi connectivity index (χ4n) is 4.00. The van der Waals surface area contributed by atoms with Crippen LogP contribution in [0.4, 0.5) is 0 Å². The van der Waals surface area contributed by atoms with E-state index in [9.17, 15) is 0 Å². The van der Waals surface area contributed by atoms with Crippen molar-refractivity contribution in [3.63, 3.8) is 0 Å². The summed E-state index contributed by atoms with van der Waals surface area (Å²) >= 11 is 0. The van der Waals surface area contributed by atoms with E-state index in [1.807, 2.05) is 0 Å². The first kappa shape index (κ1) is 18.8. The molecule has 0 aromatic carbocycles. The molecule has 2 atom stereocenters. The highest BCUT2D eigenvalue weighted by Crippen LogP contribution is 2.48. The van der Waals surface area contributed by atoms with E-state index in [-0.39, 0.29) is 22.8 Å². The van der Waals surface area contributed by atoms with Gasteiger partial charge in [-0.15, -0.1) is 0 Å². The third-order valence-electron chi connectivity index (χ3n) is 4.73. The van der Waals surface area contributed by atoms with Gasteiger partial charge in [-0.2, -0.15) is 0 Å². The molecular weight excluding hydrogens is 268 g/mol. The number of methoxy groups -OCH3 is 2. The minimum Gasteiger partial charge on any atom is -0.383 e. The zero-order chi connectivity index (χ0) is 16.3. The predicted molar refractivity (Wildman–Crippen MR) is 85.6 cm³/mol. The van der Waals surface area contributed by atoms with Crippen LogP contribution in [0.25, 0.3) is 0 Å². The Morgan fingerprint density at radius 2 is 1.81 bits per heavy atom. The van der Waals surface area contributed by atoms with Gasteiger partial charge in [0.2, 0.25) is 0 Å². The summed E-state index contributed by atoms with van der Waals surface area (Å²) in [4.78, 5) is 2.43. The Morgan fingerprint density at radius 3 is 2.19 bits per heavy atom. The van der Waals surface area contributed by atoms with Gasteiger partial charge in [-0.05, 0) is 41.0 Å². The highest BCUT2D eigenvalue weighted by Gasteiger charge is 2.59. The highest BCUT2D eigenvalue weighted by atomic mass is 16.5. The summed E-state index contributed by atoms with van der Waals surface area (Å²) in [7, 11) is 3.47. The monoisotopic (exact) mass is 302 g/mol. The highest BCUT2D eigenvalue weighted by molar-refractivity contribution is 5.14. The lowest BCUT2D eigenvalue weighted by atomic mass is 9.76. The summed E-state index contributed by atoms with van der Waals surface area (Å²) in [6, 6.07) is 0.255. The first-order chi connectivity index (χ1) is 9.65. The Kier molecular flexibility index (Phi) is 6.21. The van der Waals surface area contributed by atoms with Crippen LogP contribution < -0.4 is 5.73 Å². The molecule has 1 aliphatic heterocycles. The number of hydrogen-bond donors (Lipinski definition) is 1. The molecule has 5 nitrogen and oxygen atoms in total. The molecule has 0 spiro atoms. The fourth-order valence-corrected chi connectivity index (χ4v) is 4.00. The average Bonchev–Trinajstić information content (AvgIpc) is 2.55. The second-order valence-corrected chi connectivity index (χ2v) is 7.28. The van der Waals surface area contributed by atoms with Gasteiger partial charge in [-0.25, -0.2) is 0 Å². The van der Waals surface area contributed by atoms with Crippen molar-refractivity contribution in [2.45, 2.75) is 63.8 Å². The molecule has 5 heteroatoms. The van der Waals surface area contributed by atoms with E-state index in [1.54, 1.807) is 14.2 Å². The summed E-state index contributed by atoms with van der Waals surface area (Å²) in [6.07, 6.45) is 0.904. The van der Waals surface area contributed by atoms with Gasteiger partial charge in [0.25, 0.3) is 0 Å². The number of hydrogen-bond acceptors (Lipinski definition) is 5. The lowest BCUT2D eigenvalue weighted by Gasteiger charge is -2.50. The summed E-state index contributed by atoms with van der Waals surface area (Å²) in [5.41, 5.74) is 5.56. The zero-order valence-electron chi connectivity index (χ0n) is 14.9. The van der Waals surface area contributed by atoms with Crippen molar-refractivity contribution in [2.24, 2.45) is 5.73 Å². The molecule has 0 amide bonds. The lowest BCUT2D eigenvalue weighted by Crippen LogP contribution is -2.66. The van der Waals surface area contributed by atoms with Crippen LogP contribution in [-0.2, 0) is 14.2 Å². The second kappa shape index (κ2) is 6.92. The zero-order valence-corrected chi connectivity index (χ0v) is 14.9. The van der Waals surface area contributed by atoms with Crippen molar-refractivity contribution in [3.05, 3.63) is 0 Å². The fraction of sp³-hybridized carbons (Fsp3) is 1.00. The van der Waals surface area contributed by atoms with Gasteiger partial charge in [-0.3, -0.25) is 4.90 Å². The van der Waals surface area contributed by atoms with E-state index in [2.05, 4.69) is 39.5 Å². The van der Waals surface area contributed by atoms with Crippen molar-refractivity contribution < 1.29 is 14.2 Å². The average molecular weight is 302 g/mol. The number of nitrogens with two attached hydrogens (primary N) is 1. The van der Waals surface area contributed by atoms with Crippen molar-refractivity contribution in [2.75, 3.05) is 40.5 Å². The molecule has 0 radical (unpaired) electrons. The minimum atomic E-state index is -0.318. The van der Waals surface area contributed by atoms with Crippen molar-refractivity contribution in [1.82, 2.24) is 4.90 Å². The molecule has 0 aliphatic carbocycles. The Balaban J connectivity index is 3.15. The number of rotatable bonds is 8. The minimum absolute atomic E-state index is 0.180. The summed E-state index contributed by atoms with van der Waals surface area (Å²) < 4.78 is 17.0. The molecule has 126 valence electrons. The summed E-state index contributed by atoms with van der Waals surface area (Å²) in [6.45, 7) is 13.5. The second-order valence-electron chi connectivity index (χ2n) is 7.28. The van der Waals surface area contributed by atoms with E-state index in [1.165, 1.54) is 0 Å². The van der Waals surface area contributed by atoms with E-state index in [0.717, 1.165) is 13.0 Å². The van der Waals surface area contributed by atoms with Crippen LogP contribution in [0.15, 0.2) is 0 Å². The normalized spacial score (nSPS) is 29.0. The third kappa shape index (κ3) is 3.77. The molecule has 0 bridgehead atoms. The van der Waals surface area contributed by atoms with E-state index < -0.39 is 0 Å². The van der Waals surface area contributed by atoms with E-state index >= 15 is 0 Å². The van der Waals surface area contributed by atoms with Crippen LogP contribution in [-0.4, -0.2) is 68.2 Å². The molecule has 1 saturated heterocycles. The van der Waals surface area contributed by atoms with Gasteiger partial charge in [-0.1, -0.05) is 0 Å². The van der Waals surface area contributed by atoms with Crippen LogP contribution in [0.5, 0.6) is 0 Å². The summed E-state index contributed by atoms with van der Waals surface area (Å²) in [5.74, 6) is 0. The smallest absolute Gasteiger partial charge is 0.0830 e. The maximum atomic E-state index is 6.33. The topological polar surface area (TPSA) is 57.0 Å². The molecule has 1 rings (SSSR count). The van der Waals surface area contributed by atoms with Gasteiger partial charge >= 0.3 is 0 Å². The molecule has 0 saturated carbocycles. The Hall–Kier alpha value is -0.200. The van der Waals surface area contributed by atoms with Crippen LogP contribution in [0.2, 0.25) is 0 Å². The molecule has 0 aromatic rings. The van der Waals surface area contributed by atoms with Gasteiger partial charge in [0.05, 0.1) is 30.0 Å². The van der Waals surface area contributed by atoms with Crippen molar-refractivity contribution in [3.8, 4) is 0 Å². The lowest BCUT2D eigenvalue weighted by molar-refractivity contribution is -0.116. The Morgan fingerprint density at radius 1 is 1.19 bits per heavy atom. The molecule has 2 unspecified atom stereocenters. The van der Waals surface area contributed by atoms with Crippen molar-refractivity contribution >= 4 is 0 Å². The molecular formula is C16H34N2O3. The quantitative estimate of drug-likeness (QED) is 0.739. The number of nitrogens with zero attached hydrogens (tertiary/aromatic N) is 1. The number of ether oxygens (including phenoxy) is 3. The van der Waals surface area contributed by atoms with Crippen LogP contribution >= 0.6 is 0 Å². The maximum absolute atomic E-state index is 6.33. The first-order valence-electron chi connectivity index (χ1n) is 7.80. The molecule has 1 heterocycles. The largest absolute Gasteiger partial charge is 0.383 e. The van der Waals surface area contributed by atoms with Gasteiger partial charge in [0, 0.05) is 33.4 Å². The molecule has 1 fully saturated rings. The summed E-state index contributed by atoms with van der Waals surface area (Å²) in [5, 5.41) is 0.